The molecule has 0 aliphatic heterocycles. The van der Waals surface area contributed by atoms with Crippen molar-refractivity contribution in [3.8, 4) is 11.5 Å². The predicted molar refractivity (Wildman–Crippen MR) is 121 cm³/mol. The van der Waals surface area contributed by atoms with Crippen LogP contribution < -0.4 is 20.4 Å². The van der Waals surface area contributed by atoms with Gasteiger partial charge in [0.2, 0.25) is 11.7 Å². The van der Waals surface area contributed by atoms with Gasteiger partial charge in [0.1, 0.15) is 5.82 Å². The van der Waals surface area contributed by atoms with Crippen LogP contribution in [0, 0.1) is 6.92 Å². The second kappa shape index (κ2) is 8.37. The van der Waals surface area contributed by atoms with Crippen molar-refractivity contribution in [3.05, 3.63) is 63.8 Å². The molecule has 4 rings (SSSR count). The SMILES string of the molecule is COc1ccc2c(C)c(CC(=O)N[C@@H](C)c3nc4ccccc4n3C)c(=O)oc2c1OC. The van der Waals surface area contributed by atoms with E-state index >= 15 is 0 Å². The summed E-state index contributed by atoms with van der Waals surface area (Å²) in [6, 6.07) is 11.0. The van der Waals surface area contributed by atoms with Gasteiger partial charge in [0.15, 0.2) is 11.3 Å². The van der Waals surface area contributed by atoms with Crippen LogP contribution in [0.3, 0.4) is 0 Å². The Kier molecular flexibility index (Phi) is 5.61. The van der Waals surface area contributed by atoms with Crippen molar-refractivity contribution in [2.24, 2.45) is 7.05 Å². The van der Waals surface area contributed by atoms with Crippen LogP contribution >= 0.6 is 0 Å². The van der Waals surface area contributed by atoms with E-state index < -0.39 is 5.63 Å². The molecule has 0 unspecified atom stereocenters. The van der Waals surface area contributed by atoms with Gasteiger partial charge in [-0.15, -0.1) is 0 Å². The van der Waals surface area contributed by atoms with Crippen molar-refractivity contribution in [3.63, 3.8) is 0 Å². The summed E-state index contributed by atoms with van der Waals surface area (Å²) < 4.78 is 18.1. The standard InChI is InChI=1S/C24H25N3O5/c1-13-15-10-11-19(30-4)22(31-5)21(15)32-24(29)16(13)12-20(28)25-14(2)23-26-17-8-6-7-9-18(17)27(23)3/h6-11,14H,12H2,1-5H3,(H,25,28)/t14-/m0/s1. The number of methoxy groups -OCH3 is 2. The number of nitrogens with one attached hydrogen (secondary N) is 1. The molecule has 0 fully saturated rings. The van der Waals surface area contributed by atoms with E-state index in [9.17, 15) is 9.59 Å². The highest BCUT2D eigenvalue weighted by atomic mass is 16.5. The number of aryl methyl sites for hydroxylation is 2. The molecule has 2 aromatic carbocycles. The molecule has 0 bridgehead atoms. The number of nitrogens with zero attached hydrogens (tertiary/aromatic N) is 2. The van der Waals surface area contributed by atoms with Gasteiger partial charge in [0, 0.05) is 12.4 Å². The zero-order chi connectivity index (χ0) is 23.0. The Morgan fingerprint density at radius 1 is 1.19 bits per heavy atom. The molecule has 0 aliphatic rings. The van der Waals surface area contributed by atoms with Gasteiger partial charge in [0.05, 0.1) is 43.3 Å². The number of para-hydroxylation sites is 2. The molecule has 4 aromatic rings. The van der Waals surface area contributed by atoms with E-state index in [0.717, 1.165) is 16.9 Å². The van der Waals surface area contributed by atoms with Crippen LogP contribution in [0.15, 0.2) is 45.6 Å². The van der Waals surface area contributed by atoms with Crippen molar-refractivity contribution in [1.29, 1.82) is 0 Å². The summed E-state index contributed by atoms with van der Waals surface area (Å²) in [6.45, 7) is 3.66. The quantitative estimate of drug-likeness (QED) is 0.466. The molecule has 1 N–H and O–H groups in total. The topological polar surface area (TPSA) is 95.6 Å². The zero-order valence-electron chi connectivity index (χ0n) is 18.7. The van der Waals surface area contributed by atoms with Gasteiger partial charge < -0.3 is 23.8 Å². The lowest BCUT2D eigenvalue weighted by Gasteiger charge is -2.15. The van der Waals surface area contributed by atoms with E-state index in [1.54, 1.807) is 19.1 Å². The number of aromatic nitrogens is 2. The monoisotopic (exact) mass is 435 g/mol. The molecule has 32 heavy (non-hydrogen) atoms. The molecule has 0 spiro atoms. The summed E-state index contributed by atoms with van der Waals surface area (Å²) in [5.41, 5.74) is 2.54. The largest absolute Gasteiger partial charge is 0.493 e. The van der Waals surface area contributed by atoms with E-state index in [2.05, 4.69) is 10.3 Å². The van der Waals surface area contributed by atoms with Gasteiger partial charge >= 0.3 is 5.63 Å². The minimum atomic E-state index is -0.577. The first-order valence-electron chi connectivity index (χ1n) is 10.2. The minimum Gasteiger partial charge on any atom is -0.493 e. The fraction of sp³-hybridized carbons (Fsp3) is 0.292. The Balaban J connectivity index is 1.62. The number of amides is 1. The third-order valence-corrected chi connectivity index (χ3v) is 5.72. The van der Waals surface area contributed by atoms with Crippen LogP contribution in [0.1, 0.15) is 29.9 Å². The lowest BCUT2D eigenvalue weighted by atomic mass is 10.0. The average Bonchev–Trinajstić information content (AvgIpc) is 3.12. The summed E-state index contributed by atoms with van der Waals surface area (Å²) in [6.07, 6.45) is -0.104. The van der Waals surface area contributed by atoms with E-state index in [1.165, 1.54) is 14.2 Å². The number of carbonyl (C=O) groups is 1. The number of imidazole rings is 1. The van der Waals surface area contributed by atoms with Gasteiger partial charge in [-0.3, -0.25) is 4.79 Å². The van der Waals surface area contributed by atoms with Gasteiger partial charge in [-0.2, -0.15) is 0 Å². The number of fused-ring (bicyclic) bond motifs is 2. The van der Waals surface area contributed by atoms with Gasteiger partial charge in [-0.25, -0.2) is 9.78 Å². The maximum absolute atomic E-state index is 12.8. The van der Waals surface area contributed by atoms with Crippen molar-refractivity contribution in [2.75, 3.05) is 14.2 Å². The van der Waals surface area contributed by atoms with Crippen LogP contribution in [0.25, 0.3) is 22.0 Å². The molecule has 2 heterocycles. The molecular weight excluding hydrogens is 410 g/mol. The summed E-state index contributed by atoms with van der Waals surface area (Å²) in [7, 11) is 4.91. The molecule has 0 saturated carbocycles. The molecule has 0 aliphatic carbocycles. The fourth-order valence-electron chi connectivity index (χ4n) is 4.04. The zero-order valence-corrected chi connectivity index (χ0v) is 18.7. The number of rotatable bonds is 6. The van der Waals surface area contributed by atoms with Crippen LogP contribution in [0.2, 0.25) is 0 Å². The second-order valence-electron chi connectivity index (χ2n) is 7.65. The van der Waals surface area contributed by atoms with Crippen molar-refractivity contribution in [1.82, 2.24) is 14.9 Å². The molecule has 8 heteroatoms. The Hall–Kier alpha value is -3.81. The van der Waals surface area contributed by atoms with Crippen LogP contribution in [-0.4, -0.2) is 29.7 Å². The lowest BCUT2D eigenvalue weighted by molar-refractivity contribution is -0.121. The van der Waals surface area contributed by atoms with Crippen molar-refractivity contribution < 1.29 is 18.7 Å². The van der Waals surface area contributed by atoms with E-state index in [0.29, 0.717) is 33.6 Å². The fourth-order valence-corrected chi connectivity index (χ4v) is 4.04. The first-order chi connectivity index (χ1) is 15.3. The minimum absolute atomic E-state index is 0.104. The van der Waals surface area contributed by atoms with Gasteiger partial charge in [-0.1, -0.05) is 12.1 Å². The molecule has 1 atom stereocenters. The highest BCUT2D eigenvalue weighted by molar-refractivity contribution is 5.90. The number of hydrogen-bond donors (Lipinski definition) is 1. The highest BCUT2D eigenvalue weighted by Crippen LogP contribution is 2.36. The summed E-state index contributed by atoms with van der Waals surface area (Å²) >= 11 is 0. The normalized spacial score (nSPS) is 12.2. The maximum atomic E-state index is 12.8. The molecule has 2 aromatic heterocycles. The van der Waals surface area contributed by atoms with E-state index in [-0.39, 0.29) is 18.4 Å². The summed E-state index contributed by atoms with van der Waals surface area (Å²) in [5.74, 6) is 1.25. The Morgan fingerprint density at radius 3 is 2.62 bits per heavy atom. The Bertz CT molecular complexity index is 1390. The number of hydrogen-bond acceptors (Lipinski definition) is 6. The van der Waals surface area contributed by atoms with Crippen molar-refractivity contribution >= 4 is 27.9 Å². The average molecular weight is 435 g/mol. The van der Waals surface area contributed by atoms with E-state index in [4.69, 9.17) is 13.9 Å². The molecule has 0 radical (unpaired) electrons. The molecule has 1 amide bonds. The smallest absolute Gasteiger partial charge is 0.340 e. The van der Waals surface area contributed by atoms with Crippen LogP contribution in [0.4, 0.5) is 0 Å². The van der Waals surface area contributed by atoms with Gasteiger partial charge in [0.25, 0.3) is 0 Å². The molecule has 166 valence electrons. The van der Waals surface area contributed by atoms with Gasteiger partial charge in [-0.05, 0) is 43.7 Å². The first-order valence-corrected chi connectivity index (χ1v) is 10.2. The van der Waals surface area contributed by atoms with Crippen LogP contribution in [0.5, 0.6) is 11.5 Å². The van der Waals surface area contributed by atoms with Crippen LogP contribution in [-0.2, 0) is 18.3 Å². The van der Waals surface area contributed by atoms with Crippen molar-refractivity contribution in [2.45, 2.75) is 26.3 Å². The lowest BCUT2D eigenvalue weighted by Crippen LogP contribution is -2.31. The number of benzene rings is 2. The second-order valence-corrected chi connectivity index (χ2v) is 7.65. The third kappa shape index (κ3) is 3.57. The molecular formula is C24H25N3O5. The maximum Gasteiger partial charge on any atom is 0.340 e. The Labute approximate surface area is 184 Å². The summed E-state index contributed by atoms with van der Waals surface area (Å²) in [5, 5.41) is 3.63. The number of ether oxygens (including phenoxy) is 2. The summed E-state index contributed by atoms with van der Waals surface area (Å²) in [4.78, 5) is 30.2. The van der Waals surface area contributed by atoms with E-state index in [1.807, 2.05) is 42.8 Å². The first kappa shape index (κ1) is 21.4. The molecule has 0 saturated heterocycles. The highest BCUT2D eigenvalue weighted by Gasteiger charge is 2.21. The Morgan fingerprint density at radius 2 is 1.94 bits per heavy atom. The number of carbonyl (C=O) groups excluding carboxylic acids is 1. The predicted octanol–water partition coefficient (Wildman–Crippen LogP) is 3.43. The third-order valence-electron chi connectivity index (χ3n) is 5.72. The molecule has 8 nitrogen and oxygen atoms in total.